The van der Waals surface area contributed by atoms with Gasteiger partial charge < -0.3 is 35.8 Å². The van der Waals surface area contributed by atoms with Crippen molar-refractivity contribution in [3.63, 3.8) is 0 Å². The van der Waals surface area contributed by atoms with Crippen molar-refractivity contribution >= 4 is 85.8 Å². The summed E-state index contributed by atoms with van der Waals surface area (Å²) in [5, 5.41) is 24.6. The molecule has 0 spiro atoms. The number of primary amides is 1. The molecule has 24 heteroatoms. The minimum Gasteiger partial charge on any atom is -0.476 e. The topological polar surface area (TPSA) is 308 Å². The van der Waals surface area contributed by atoms with Crippen molar-refractivity contribution in [2.24, 2.45) is 33.8 Å². The number of aromatic nitrogens is 4. The lowest BCUT2D eigenvalue weighted by atomic mass is 9.39. The van der Waals surface area contributed by atoms with Gasteiger partial charge in [-0.05, 0) is 153 Å². The number of nitrogens with two attached hydrogens (primary N) is 1. The number of nitrogens with zero attached hydrogens (tertiary/aromatic N) is 7. The minimum atomic E-state index is -1.16. The molecule has 0 radical (unpaired) electrons. The van der Waals surface area contributed by atoms with Crippen LogP contribution in [0.2, 0.25) is 0 Å². The predicted octanol–water partition coefficient (Wildman–Crippen LogP) is 11.4. The summed E-state index contributed by atoms with van der Waals surface area (Å²) in [6.45, 7) is 12.6. The Hall–Kier alpha value is -9.16. The molecule has 6 aromatic rings. The summed E-state index contributed by atoms with van der Waals surface area (Å²) in [7, 11) is 1.69. The lowest BCUT2D eigenvalue weighted by molar-refractivity contribution is -0.248. The number of para-hydroxylation sites is 1. The number of carbonyl (C=O) groups excluding carboxylic acids is 8. The molecule has 12 rings (SSSR count). The lowest BCUT2D eigenvalue weighted by Gasteiger charge is -2.69. The van der Waals surface area contributed by atoms with E-state index in [0.29, 0.717) is 90.6 Å². The van der Waals surface area contributed by atoms with Gasteiger partial charge in [0.15, 0.2) is 16.6 Å². The number of ether oxygens (including phenoxy) is 2. The van der Waals surface area contributed by atoms with Crippen molar-refractivity contribution in [1.29, 1.82) is 0 Å². The van der Waals surface area contributed by atoms with Crippen molar-refractivity contribution in [3.8, 4) is 22.4 Å². The number of likely N-dealkylation sites (N-methyl/N-ethyl adjacent to an activating group) is 1. The van der Waals surface area contributed by atoms with Gasteiger partial charge in [0.05, 0.1) is 40.4 Å². The fraction of sp³-hybridized carbons (Fsp3) is 0.486. The Morgan fingerprint density at radius 2 is 1.57 bits per heavy atom. The number of hydrogen-bond donors (Lipinski definition) is 5. The number of aryl methyl sites for hydroxylation is 1. The van der Waals surface area contributed by atoms with Crippen LogP contribution in [0.5, 0.6) is 0 Å². The molecule has 3 aromatic heterocycles. The van der Waals surface area contributed by atoms with E-state index in [1.807, 2.05) is 80.1 Å². The Bertz CT molecular complexity index is 4020. The Labute approximate surface area is 574 Å². The quantitative estimate of drug-likeness (QED) is 0.0207. The van der Waals surface area contributed by atoms with E-state index in [4.69, 9.17) is 25.3 Å². The Morgan fingerprint density at radius 1 is 0.837 bits per heavy atom. The maximum Gasteiger partial charge on any atom is 0.409 e. The molecule has 4 aliphatic carbocycles. The predicted molar refractivity (Wildman–Crippen MR) is 371 cm³/mol. The van der Waals surface area contributed by atoms with E-state index in [-0.39, 0.29) is 103 Å². The number of thiazole rings is 1. The molecule has 4 fully saturated rings. The van der Waals surface area contributed by atoms with E-state index >= 15 is 0 Å². The number of carboxylic acids is 1. The molecule has 0 saturated heterocycles. The zero-order valence-corrected chi connectivity index (χ0v) is 57.6. The number of urea groups is 2. The molecular formula is C74H89N11O12S. The van der Waals surface area contributed by atoms with Crippen LogP contribution in [-0.2, 0) is 59.4 Å². The number of anilines is 2. The average molecular weight is 1360 g/mol. The molecule has 5 heterocycles. The summed E-state index contributed by atoms with van der Waals surface area (Å²) in [4.78, 5) is 130. The molecule has 518 valence electrons. The van der Waals surface area contributed by atoms with Crippen LogP contribution < -0.4 is 26.6 Å². The van der Waals surface area contributed by atoms with E-state index in [0.717, 1.165) is 78.5 Å². The van der Waals surface area contributed by atoms with Crippen molar-refractivity contribution in [2.45, 2.75) is 162 Å². The van der Waals surface area contributed by atoms with E-state index in [1.54, 1.807) is 42.4 Å². The highest BCUT2D eigenvalue weighted by Gasteiger charge is 2.66. The zero-order chi connectivity index (χ0) is 69.7. The Morgan fingerprint density at radius 3 is 2.29 bits per heavy atom. The first-order valence-corrected chi connectivity index (χ1v) is 35.0. The van der Waals surface area contributed by atoms with Crippen LogP contribution in [-0.4, -0.2) is 140 Å². The van der Waals surface area contributed by atoms with E-state index in [1.165, 1.54) is 33.3 Å². The fourth-order valence-electron chi connectivity index (χ4n) is 16.7. The molecule has 6 aliphatic rings. The summed E-state index contributed by atoms with van der Waals surface area (Å²) in [5.41, 5.74) is 11.7. The fourth-order valence-corrected chi connectivity index (χ4v) is 17.6. The van der Waals surface area contributed by atoms with Gasteiger partial charge in [0.25, 0.3) is 11.8 Å². The van der Waals surface area contributed by atoms with Crippen LogP contribution >= 0.6 is 11.3 Å². The third-order valence-electron chi connectivity index (χ3n) is 20.3. The van der Waals surface area contributed by atoms with Gasteiger partial charge in [-0.25, -0.2) is 29.1 Å². The summed E-state index contributed by atoms with van der Waals surface area (Å²) >= 11 is 1.42. The number of rotatable bonds is 30. The van der Waals surface area contributed by atoms with Gasteiger partial charge in [-0.1, -0.05) is 94.0 Å². The molecule has 6 N–H and O–H groups in total. The molecule has 4 bridgehead atoms. The maximum atomic E-state index is 13.9. The Kier molecular flexibility index (Phi) is 21.1. The standard InChI is InChI=1S/C74H89N11O12S/c1-46(2)54(36-52(86)15-8-7-11-30-84-62(88)27-28-63(84)89)65(90)79-57(17-12-29-76-67(75)93)60(87)34-48-19-21-49(22-20-48)38-96-70(95)82(6)32-33-97-74-42-71(4)39-72(5,43-74)41-73(40-71,44-74)45-85-47(3)55(37-77-85)53-25-26-56(78-64(53)66(91)92)51-24-23-50-14-13-31-83(59(50)35-51)69(94)81-68-80-58-16-9-10-18-61(58)98-68/h9-10,16,18-28,35,37,46,54,57H,7-8,11-15,17,29-34,36,38-45H2,1-6H3,(H,79,90)(H,91,92)(H3,75,76,93)(H,80,81,94)/t54-,57-,71?,72?,73?,74?/m0/s1. The number of unbranched alkanes of at least 4 members (excludes halogenated alkanes) is 2. The molecule has 2 unspecified atom stereocenters. The van der Waals surface area contributed by atoms with E-state index in [2.05, 4.69) is 34.8 Å². The van der Waals surface area contributed by atoms with Crippen LogP contribution in [0.3, 0.4) is 0 Å². The molecular weight excluding hydrogens is 1270 g/mol. The minimum absolute atomic E-state index is 0.00824. The number of ketones is 2. The monoisotopic (exact) mass is 1360 g/mol. The highest BCUT2D eigenvalue weighted by molar-refractivity contribution is 7.22. The molecule has 4 saturated carbocycles. The third kappa shape index (κ3) is 16.3. The van der Waals surface area contributed by atoms with Crippen LogP contribution in [0.1, 0.15) is 150 Å². The van der Waals surface area contributed by atoms with Gasteiger partial charge in [0.1, 0.15) is 12.4 Å². The van der Waals surface area contributed by atoms with E-state index in [9.17, 15) is 48.3 Å². The first-order valence-electron chi connectivity index (χ1n) is 34.1. The smallest absolute Gasteiger partial charge is 0.409 e. The Balaban J connectivity index is 0.669. The van der Waals surface area contributed by atoms with E-state index < -0.39 is 41.6 Å². The van der Waals surface area contributed by atoms with Crippen molar-refractivity contribution in [2.75, 3.05) is 50.1 Å². The number of benzene rings is 3. The number of imide groups is 1. The second-order valence-electron chi connectivity index (χ2n) is 28.9. The summed E-state index contributed by atoms with van der Waals surface area (Å²) < 4.78 is 15.8. The van der Waals surface area contributed by atoms with Crippen LogP contribution in [0, 0.1) is 35.0 Å². The summed E-state index contributed by atoms with van der Waals surface area (Å²) in [6, 6.07) is 22.4. The van der Waals surface area contributed by atoms with Crippen LogP contribution in [0.4, 0.5) is 25.2 Å². The number of nitrogens with one attached hydrogen (secondary N) is 3. The molecule has 3 aromatic carbocycles. The van der Waals surface area contributed by atoms with Gasteiger partial charge in [-0.3, -0.25) is 43.8 Å². The van der Waals surface area contributed by atoms with Gasteiger partial charge in [0, 0.05) is 105 Å². The molecule has 23 nitrogen and oxygen atoms in total. The normalized spacial score (nSPS) is 21.3. The third-order valence-corrected chi connectivity index (χ3v) is 21.2. The number of pyridine rings is 1. The van der Waals surface area contributed by atoms with Crippen molar-refractivity contribution in [3.05, 3.63) is 125 Å². The highest BCUT2D eigenvalue weighted by atomic mass is 32.1. The number of carboxylic acid groups (broad SMARTS) is 1. The van der Waals surface area contributed by atoms with Crippen LogP contribution in [0.15, 0.2) is 97.2 Å². The first-order chi connectivity index (χ1) is 46.8. The number of Topliss-reactive ketones (excluding diaryl/α,β-unsaturated/α-hetero) is 2. The molecule has 2 aliphatic heterocycles. The summed E-state index contributed by atoms with van der Waals surface area (Å²) in [6.07, 6.45) is 13.5. The number of carbonyl (C=O) groups is 9. The molecule has 4 atom stereocenters. The van der Waals surface area contributed by atoms with Gasteiger partial charge in [-0.15, -0.1) is 0 Å². The number of hydrogen-bond acceptors (Lipinski definition) is 15. The first kappa shape index (κ1) is 70.2. The van der Waals surface area contributed by atoms with Crippen molar-refractivity contribution < 1.29 is 57.7 Å². The van der Waals surface area contributed by atoms with Gasteiger partial charge in [0.2, 0.25) is 5.91 Å². The zero-order valence-electron chi connectivity index (χ0n) is 56.8. The van der Waals surface area contributed by atoms with Crippen LogP contribution in [0.25, 0.3) is 32.6 Å². The van der Waals surface area contributed by atoms with Crippen molar-refractivity contribution in [1.82, 2.24) is 40.2 Å². The number of aromatic carboxylic acids is 1. The second kappa shape index (κ2) is 29.5. The van der Waals surface area contributed by atoms with Gasteiger partial charge >= 0.3 is 24.1 Å². The van der Waals surface area contributed by atoms with Gasteiger partial charge in [-0.2, -0.15) is 5.10 Å². The molecule has 98 heavy (non-hydrogen) atoms. The second-order valence-corrected chi connectivity index (χ2v) is 30.0. The SMILES string of the molecule is Cc1c(-c2ccc(-c3ccc4c(c3)N(C(=O)Nc3nc5ccccc5s3)CCC4)nc2C(=O)O)cnn1CC12CC3(C)CC(C)(C1)CC(OCCN(C)C(=O)OCc1ccc(CC(=O)[C@H](CCCNC(N)=O)NC(=O)[C@@H](CC(=O)CCCCCN4C(=O)C=CC4=O)C(C)C)cc1)(C3)C2. The maximum absolute atomic E-state index is 13.9. The number of amides is 8. The largest absolute Gasteiger partial charge is 0.476 e. The molecule has 8 amide bonds. The highest BCUT2D eigenvalue weighted by Crippen LogP contribution is 2.72. The number of fused-ring (bicyclic) bond motifs is 2. The average Bonchev–Trinajstić information content (AvgIpc) is 0.723. The lowest BCUT2D eigenvalue weighted by Crippen LogP contribution is -2.64. The summed E-state index contributed by atoms with van der Waals surface area (Å²) in [5.74, 6) is -3.52.